The summed E-state index contributed by atoms with van der Waals surface area (Å²) in [4.78, 5) is 6.00. The summed E-state index contributed by atoms with van der Waals surface area (Å²) in [6, 6.07) is 3.75. The van der Waals surface area contributed by atoms with Crippen molar-refractivity contribution in [1.82, 2.24) is 4.98 Å². The SMILES string of the molecule is CN(CC1(O)CCOCC1)c1cccnc1N. The second kappa shape index (κ2) is 4.89. The summed E-state index contributed by atoms with van der Waals surface area (Å²) in [6.45, 7) is 1.78. The Labute approximate surface area is 101 Å². The van der Waals surface area contributed by atoms with E-state index in [2.05, 4.69) is 4.98 Å². The summed E-state index contributed by atoms with van der Waals surface area (Å²) in [7, 11) is 1.92. The van der Waals surface area contributed by atoms with Gasteiger partial charge in [0.1, 0.15) is 5.82 Å². The zero-order valence-corrected chi connectivity index (χ0v) is 10.1. The summed E-state index contributed by atoms with van der Waals surface area (Å²) in [5, 5.41) is 10.4. The molecule has 1 saturated heterocycles. The van der Waals surface area contributed by atoms with E-state index < -0.39 is 5.60 Å². The summed E-state index contributed by atoms with van der Waals surface area (Å²) in [5.41, 5.74) is 5.98. The van der Waals surface area contributed by atoms with Crippen LogP contribution in [0.4, 0.5) is 11.5 Å². The van der Waals surface area contributed by atoms with Gasteiger partial charge in [-0.15, -0.1) is 0 Å². The van der Waals surface area contributed by atoms with Crippen molar-refractivity contribution in [2.45, 2.75) is 18.4 Å². The maximum absolute atomic E-state index is 10.4. The van der Waals surface area contributed by atoms with E-state index in [0.717, 1.165) is 5.69 Å². The zero-order valence-electron chi connectivity index (χ0n) is 10.1. The van der Waals surface area contributed by atoms with Gasteiger partial charge in [-0.3, -0.25) is 0 Å². The molecule has 1 aromatic rings. The third kappa shape index (κ3) is 2.87. The molecule has 0 spiro atoms. The number of hydrogen-bond donors (Lipinski definition) is 2. The fourth-order valence-electron chi connectivity index (χ4n) is 2.17. The van der Waals surface area contributed by atoms with Crippen molar-refractivity contribution in [1.29, 1.82) is 0 Å². The van der Waals surface area contributed by atoms with Crippen LogP contribution in [-0.2, 0) is 4.74 Å². The highest BCUT2D eigenvalue weighted by molar-refractivity contribution is 5.62. The van der Waals surface area contributed by atoms with Crippen LogP contribution >= 0.6 is 0 Å². The van der Waals surface area contributed by atoms with Gasteiger partial charge in [0.2, 0.25) is 0 Å². The number of rotatable bonds is 3. The molecule has 0 saturated carbocycles. The first-order valence-corrected chi connectivity index (χ1v) is 5.82. The van der Waals surface area contributed by atoms with Crippen molar-refractivity contribution >= 4 is 11.5 Å². The summed E-state index contributed by atoms with van der Waals surface area (Å²) >= 11 is 0. The molecule has 1 aromatic heterocycles. The summed E-state index contributed by atoms with van der Waals surface area (Å²) in [5.74, 6) is 0.491. The highest BCUT2D eigenvalue weighted by Gasteiger charge is 2.31. The van der Waals surface area contributed by atoms with Crippen molar-refractivity contribution in [2.24, 2.45) is 0 Å². The lowest BCUT2D eigenvalue weighted by atomic mass is 9.94. The van der Waals surface area contributed by atoms with Gasteiger partial charge in [0, 0.05) is 45.8 Å². The number of likely N-dealkylation sites (N-methyl/N-ethyl adjacent to an activating group) is 1. The number of nitrogens with zero attached hydrogens (tertiary/aromatic N) is 2. The van der Waals surface area contributed by atoms with Gasteiger partial charge in [0.25, 0.3) is 0 Å². The smallest absolute Gasteiger partial charge is 0.146 e. The molecule has 5 heteroatoms. The fraction of sp³-hybridized carbons (Fsp3) is 0.583. The van der Waals surface area contributed by atoms with Crippen molar-refractivity contribution < 1.29 is 9.84 Å². The van der Waals surface area contributed by atoms with E-state index in [4.69, 9.17) is 10.5 Å². The summed E-state index contributed by atoms with van der Waals surface area (Å²) < 4.78 is 5.26. The average molecular weight is 237 g/mol. The van der Waals surface area contributed by atoms with Crippen molar-refractivity contribution in [3.05, 3.63) is 18.3 Å². The monoisotopic (exact) mass is 237 g/mol. The Morgan fingerprint density at radius 2 is 2.24 bits per heavy atom. The Balaban J connectivity index is 2.06. The molecule has 0 bridgehead atoms. The van der Waals surface area contributed by atoms with E-state index in [1.807, 2.05) is 24.1 Å². The first-order chi connectivity index (χ1) is 8.11. The van der Waals surface area contributed by atoms with E-state index in [9.17, 15) is 5.11 Å². The van der Waals surface area contributed by atoms with Gasteiger partial charge in [-0.05, 0) is 12.1 Å². The second-order valence-electron chi connectivity index (χ2n) is 4.60. The molecule has 0 aliphatic carbocycles. The number of aromatic nitrogens is 1. The third-order valence-corrected chi connectivity index (χ3v) is 3.18. The van der Waals surface area contributed by atoms with Crippen LogP contribution < -0.4 is 10.6 Å². The van der Waals surface area contributed by atoms with Crippen LogP contribution in [-0.4, -0.2) is 42.5 Å². The molecule has 0 unspecified atom stereocenters. The van der Waals surface area contributed by atoms with E-state index in [1.165, 1.54) is 0 Å². The maximum Gasteiger partial charge on any atom is 0.146 e. The molecule has 2 heterocycles. The van der Waals surface area contributed by atoms with Crippen LogP contribution in [0.3, 0.4) is 0 Å². The van der Waals surface area contributed by atoms with E-state index in [0.29, 0.717) is 38.4 Å². The standard InChI is InChI=1S/C12H19N3O2/c1-15(10-3-2-6-14-11(10)13)9-12(16)4-7-17-8-5-12/h2-3,6,16H,4-5,7-9H2,1H3,(H2,13,14). The van der Waals surface area contributed by atoms with Crippen LogP contribution in [0.15, 0.2) is 18.3 Å². The van der Waals surface area contributed by atoms with Crippen LogP contribution in [0.1, 0.15) is 12.8 Å². The number of hydrogen-bond acceptors (Lipinski definition) is 5. The minimum atomic E-state index is -0.685. The zero-order chi connectivity index (χ0) is 12.3. The van der Waals surface area contributed by atoms with Crippen LogP contribution in [0.5, 0.6) is 0 Å². The molecule has 2 rings (SSSR count). The Bertz CT molecular complexity index is 378. The second-order valence-corrected chi connectivity index (χ2v) is 4.60. The van der Waals surface area contributed by atoms with Crippen molar-refractivity contribution in [3.63, 3.8) is 0 Å². The van der Waals surface area contributed by atoms with Gasteiger partial charge in [-0.25, -0.2) is 4.98 Å². The van der Waals surface area contributed by atoms with E-state index in [1.54, 1.807) is 6.20 Å². The molecule has 0 atom stereocenters. The molecule has 94 valence electrons. The number of nitrogens with two attached hydrogens (primary N) is 1. The molecule has 1 aliphatic rings. The highest BCUT2D eigenvalue weighted by Crippen LogP contribution is 2.25. The molecule has 3 N–H and O–H groups in total. The lowest BCUT2D eigenvalue weighted by molar-refractivity contribution is -0.0572. The number of ether oxygens (including phenoxy) is 1. The minimum Gasteiger partial charge on any atom is -0.388 e. The quantitative estimate of drug-likeness (QED) is 0.807. The molecular weight excluding hydrogens is 218 g/mol. The molecule has 0 aromatic carbocycles. The first-order valence-electron chi connectivity index (χ1n) is 5.82. The first kappa shape index (κ1) is 12.1. The number of anilines is 2. The predicted molar refractivity (Wildman–Crippen MR) is 66.9 cm³/mol. The summed E-state index contributed by atoms with van der Waals surface area (Å²) in [6.07, 6.45) is 2.99. The van der Waals surface area contributed by atoms with E-state index in [-0.39, 0.29) is 0 Å². The lowest BCUT2D eigenvalue weighted by Crippen LogP contribution is -2.45. The molecule has 5 nitrogen and oxygen atoms in total. The van der Waals surface area contributed by atoms with Gasteiger partial charge < -0.3 is 20.5 Å². The van der Waals surface area contributed by atoms with Gasteiger partial charge >= 0.3 is 0 Å². The van der Waals surface area contributed by atoms with Gasteiger partial charge in [-0.2, -0.15) is 0 Å². The maximum atomic E-state index is 10.4. The predicted octanol–water partition coefficient (Wildman–Crippen LogP) is 0.641. The number of nitrogen functional groups attached to an aromatic ring is 1. The third-order valence-electron chi connectivity index (χ3n) is 3.18. The number of pyridine rings is 1. The number of aliphatic hydroxyl groups is 1. The van der Waals surface area contributed by atoms with Gasteiger partial charge in [-0.1, -0.05) is 0 Å². The molecule has 17 heavy (non-hydrogen) atoms. The van der Waals surface area contributed by atoms with Crippen LogP contribution in [0.25, 0.3) is 0 Å². The fourth-order valence-corrected chi connectivity index (χ4v) is 2.17. The van der Waals surface area contributed by atoms with Gasteiger partial charge in [0.15, 0.2) is 0 Å². The van der Waals surface area contributed by atoms with Gasteiger partial charge in [0.05, 0.1) is 11.3 Å². The Morgan fingerprint density at radius 3 is 2.88 bits per heavy atom. The van der Waals surface area contributed by atoms with Crippen LogP contribution in [0.2, 0.25) is 0 Å². The van der Waals surface area contributed by atoms with Crippen molar-refractivity contribution in [3.8, 4) is 0 Å². The molecule has 0 amide bonds. The Hall–Kier alpha value is -1.33. The molecular formula is C12H19N3O2. The minimum absolute atomic E-state index is 0.491. The van der Waals surface area contributed by atoms with Crippen molar-refractivity contribution in [2.75, 3.05) is 37.4 Å². The Morgan fingerprint density at radius 1 is 1.53 bits per heavy atom. The van der Waals surface area contributed by atoms with Crippen LogP contribution in [0, 0.1) is 0 Å². The van der Waals surface area contributed by atoms with E-state index >= 15 is 0 Å². The molecule has 1 aliphatic heterocycles. The highest BCUT2D eigenvalue weighted by atomic mass is 16.5. The largest absolute Gasteiger partial charge is 0.388 e. The topological polar surface area (TPSA) is 71.6 Å². The Kier molecular flexibility index (Phi) is 3.49. The lowest BCUT2D eigenvalue weighted by Gasteiger charge is -2.36. The average Bonchev–Trinajstić information content (AvgIpc) is 2.29. The molecule has 0 radical (unpaired) electrons. The normalized spacial score (nSPS) is 18.9. The molecule has 1 fully saturated rings.